The van der Waals surface area contributed by atoms with Crippen molar-refractivity contribution in [3.8, 4) is 0 Å². The first-order valence-electron chi connectivity index (χ1n) is 4.22. The van der Waals surface area contributed by atoms with Crippen molar-refractivity contribution < 1.29 is 8.42 Å². The first-order chi connectivity index (χ1) is 5.54. The van der Waals surface area contributed by atoms with Gasteiger partial charge in [0.25, 0.3) is 0 Å². The standard InChI is InChI=1S/C7H16N2O2S/c1-3-8-7-4-5-9(6-7)12(2,10)11/h7-8H,3-6H2,1-2H3/t7-/m1/s1. The van der Waals surface area contributed by atoms with Crippen LogP contribution in [0.25, 0.3) is 0 Å². The van der Waals surface area contributed by atoms with E-state index in [1.807, 2.05) is 6.92 Å². The summed E-state index contributed by atoms with van der Waals surface area (Å²) in [6.07, 6.45) is 2.20. The first-order valence-corrected chi connectivity index (χ1v) is 6.07. The molecule has 1 fully saturated rings. The first kappa shape index (κ1) is 9.95. The van der Waals surface area contributed by atoms with Crippen molar-refractivity contribution >= 4 is 10.0 Å². The van der Waals surface area contributed by atoms with Gasteiger partial charge in [0, 0.05) is 19.1 Å². The molecule has 1 aliphatic rings. The van der Waals surface area contributed by atoms with Crippen LogP contribution in [0.1, 0.15) is 13.3 Å². The van der Waals surface area contributed by atoms with E-state index in [0.29, 0.717) is 19.1 Å². The largest absolute Gasteiger partial charge is 0.313 e. The van der Waals surface area contributed by atoms with Crippen molar-refractivity contribution in [2.24, 2.45) is 0 Å². The molecule has 0 unspecified atom stereocenters. The van der Waals surface area contributed by atoms with Crippen LogP contribution in [0.5, 0.6) is 0 Å². The van der Waals surface area contributed by atoms with Crippen LogP contribution in [0, 0.1) is 0 Å². The lowest BCUT2D eigenvalue weighted by atomic mass is 10.3. The van der Waals surface area contributed by atoms with Gasteiger partial charge in [-0.05, 0) is 13.0 Å². The average Bonchev–Trinajstić information content (AvgIpc) is 2.35. The molecule has 1 N–H and O–H groups in total. The van der Waals surface area contributed by atoms with Gasteiger partial charge in [-0.3, -0.25) is 0 Å². The third-order valence-electron chi connectivity index (χ3n) is 2.11. The molecule has 0 bridgehead atoms. The second-order valence-corrected chi connectivity index (χ2v) is 5.15. The van der Waals surface area contributed by atoms with Crippen molar-refractivity contribution in [3.63, 3.8) is 0 Å². The van der Waals surface area contributed by atoms with Crippen LogP contribution in [-0.2, 0) is 10.0 Å². The summed E-state index contributed by atoms with van der Waals surface area (Å²) in [5.74, 6) is 0. The zero-order valence-electron chi connectivity index (χ0n) is 7.58. The van der Waals surface area contributed by atoms with E-state index in [-0.39, 0.29) is 0 Å². The van der Waals surface area contributed by atoms with Gasteiger partial charge in [-0.2, -0.15) is 0 Å². The molecule has 0 aromatic heterocycles. The zero-order chi connectivity index (χ0) is 9.19. The molecular formula is C7H16N2O2S. The van der Waals surface area contributed by atoms with Crippen LogP contribution in [0.15, 0.2) is 0 Å². The van der Waals surface area contributed by atoms with Gasteiger partial charge in [-0.1, -0.05) is 6.92 Å². The van der Waals surface area contributed by atoms with Crippen LogP contribution in [-0.4, -0.2) is 44.7 Å². The van der Waals surface area contributed by atoms with Gasteiger partial charge in [0.2, 0.25) is 10.0 Å². The van der Waals surface area contributed by atoms with Crippen molar-refractivity contribution in [1.82, 2.24) is 9.62 Å². The third-order valence-corrected chi connectivity index (χ3v) is 3.38. The van der Waals surface area contributed by atoms with Gasteiger partial charge in [-0.25, -0.2) is 12.7 Å². The molecule has 5 heteroatoms. The topological polar surface area (TPSA) is 49.4 Å². The minimum Gasteiger partial charge on any atom is -0.313 e. The fraction of sp³-hybridized carbons (Fsp3) is 1.00. The highest BCUT2D eigenvalue weighted by molar-refractivity contribution is 7.88. The smallest absolute Gasteiger partial charge is 0.211 e. The van der Waals surface area contributed by atoms with Crippen molar-refractivity contribution in [2.75, 3.05) is 25.9 Å². The van der Waals surface area contributed by atoms with Gasteiger partial charge in [-0.15, -0.1) is 0 Å². The van der Waals surface area contributed by atoms with Crippen LogP contribution < -0.4 is 5.32 Å². The molecule has 0 aliphatic carbocycles. The van der Waals surface area contributed by atoms with Crippen molar-refractivity contribution in [1.29, 1.82) is 0 Å². The van der Waals surface area contributed by atoms with Crippen molar-refractivity contribution in [2.45, 2.75) is 19.4 Å². The Kier molecular flexibility index (Phi) is 3.09. The molecule has 4 nitrogen and oxygen atoms in total. The van der Waals surface area contributed by atoms with Gasteiger partial charge in [0.1, 0.15) is 0 Å². The second-order valence-electron chi connectivity index (χ2n) is 3.16. The van der Waals surface area contributed by atoms with Gasteiger partial charge in [0.15, 0.2) is 0 Å². The highest BCUT2D eigenvalue weighted by atomic mass is 32.2. The van der Waals surface area contributed by atoms with E-state index < -0.39 is 10.0 Å². The number of sulfonamides is 1. The minimum absolute atomic E-state index is 0.352. The van der Waals surface area contributed by atoms with E-state index in [0.717, 1.165) is 13.0 Å². The van der Waals surface area contributed by atoms with Crippen molar-refractivity contribution in [3.05, 3.63) is 0 Å². The van der Waals surface area contributed by atoms with Crippen LogP contribution in [0.2, 0.25) is 0 Å². The summed E-state index contributed by atoms with van der Waals surface area (Å²) in [5, 5.41) is 3.24. The van der Waals surface area contributed by atoms with E-state index in [2.05, 4.69) is 5.32 Å². The molecule has 0 amide bonds. The molecule has 0 spiro atoms. The number of rotatable bonds is 3. The maximum atomic E-state index is 11.1. The molecule has 0 radical (unpaired) electrons. The molecule has 1 atom stereocenters. The third kappa shape index (κ3) is 2.43. The van der Waals surface area contributed by atoms with Crippen LogP contribution in [0.4, 0.5) is 0 Å². The van der Waals surface area contributed by atoms with Gasteiger partial charge in [0.05, 0.1) is 6.26 Å². The summed E-state index contributed by atoms with van der Waals surface area (Å²) in [7, 11) is -2.96. The zero-order valence-corrected chi connectivity index (χ0v) is 8.39. The molecule has 0 aromatic carbocycles. The molecular weight excluding hydrogens is 176 g/mol. The Morgan fingerprint density at radius 1 is 1.58 bits per heavy atom. The Labute approximate surface area is 74.0 Å². The average molecular weight is 192 g/mol. The van der Waals surface area contributed by atoms with Crippen LogP contribution in [0.3, 0.4) is 0 Å². The highest BCUT2D eigenvalue weighted by Gasteiger charge is 2.27. The molecule has 0 saturated carbocycles. The highest BCUT2D eigenvalue weighted by Crippen LogP contribution is 2.11. The normalized spacial score (nSPS) is 26.3. The Hall–Kier alpha value is -0.130. The Balaban J connectivity index is 2.46. The van der Waals surface area contributed by atoms with E-state index in [9.17, 15) is 8.42 Å². The lowest BCUT2D eigenvalue weighted by Crippen LogP contribution is -2.34. The Bertz CT molecular complexity index is 238. The number of hydrogen-bond acceptors (Lipinski definition) is 3. The second kappa shape index (κ2) is 3.72. The summed E-state index contributed by atoms with van der Waals surface area (Å²) in [6.45, 7) is 4.23. The lowest BCUT2D eigenvalue weighted by Gasteiger charge is -2.13. The lowest BCUT2D eigenvalue weighted by molar-refractivity contribution is 0.464. The summed E-state index contributed by atoms with van der Waals surface area (Å²) in [6, 6.07) is 0.352. The SMILES string of the molecule is CCN[C@@H]1CCN(S(C)(=O)=O)C1. The molecule has 12 heavy (non-hydrogen) atoms. The number of likely N-dealkylation sites (N-methyl/N-ethyl adjacent to an activating group) is 1. The molecule has 1 rings (SSSR count). The summed E-state index contributed by atoms with van der Waals surface area (Å²) in [4.78, 5) is 0. The Morgan fingerprint density at radius 3 is 2.67 bits per heavy atom. The molecule has 1 saturated heterocycles. The molecule has 0 aromatic rings. The van der Waals surface area contributed by atoms with Gasteiger partial charge >= 0.3 is 0 Å². The monoisotopic (exact) mass is 192 g/mol. The maximum absolute atomic E-state index is 11.1. The van der Waals surface area contributed by atoms with E-state index >= 15 is 0 Å². The Morgan fingerprint density at radius 2 is 2.25 bits per heavy atom. The quantitative estimate of drug-likeness (QED) is 0.664. The molecule has 1 aliphatic heterocycles. The summed E-state index contributed by atoms with van der Waals surface area (Å²) in [5.41, 5.74) is 0. The predicted molar refractivity (Wildman–Crippen MR) is 48.5 cm³/mol. The van der Waals surface area contributed by atoms with Crippen LogP contribution >= 0.6 is 0 Å². The van der Waals surface area contributed by atoms with E-state index in [1.54, 1.807) is 0 Å². The fourth-order valence-electron chi connectivity index (χ4n) is 1.48. The minimum atomic E-state index is -2.96. The number of hydrogen-bond donors (Lipinski definition) is 1. The predicted octanol–water partition coefficient (Wildman–Crippen LogP) is -0.370. The summed E-state index contributed by atoms with van der Waals surface area (Å²) >= 11 is 0. The fourth-order valence-corrected chi connectivity index (χ4v) is 2.37. The molecule has 72 valence electrons. The number of nitrogens with zero attached hydrogens (tertiary/aromatic N) is 1. The summed E-state index contributed by atoms with van der Waals surface area (Å²) < 4.78 is 23.7. The van der Waals surface area contributed by atoms with Gasteiger partial charge < -0.3 is 5.32 Å². The van der Waals surface area contributed by atoms with E-state index in [1.165, 1.54) is 10.6 Å². The maximum Gasteiger partial charge on any atom is 0.211 e. The molecule has 1 heterocycles. The number of nitrogens with one attached hydrogen (secondary N) is 1. The van der Waals surface area contributed by atoms with E-state index in [4.69, 9.17) is 0 Å².